The summed E-state index contributed by atoms with van der Waals surface area (Å²) in [5.74, 6) is 0.355. The van der Waals surface area contributed by atoms with Gasteiger partial charge in [-0.1, -0.05) is 12.1 Å². The molecular weight excluding hydrogens is 256 g/mol. The molecule has 0 fully saturated rings. The van der Waals surface area contributed by atoms with E-state index in [0.717, 1.165) is 11.4 Å². The molecule has 2 aromatic rings. The normalized spacial score (nSPS) is 13.2. The SMILES string of the molecule is Cc1ccnc(N2CC=Nc3ccccc32)c1[N+](=O)[O-]. The molecule has 1 aliphatic heterocycles. The van der Waals surface area contributed by atoms with E-state index < -0.39 is 0 Å². The van der Waals surface area contributed by atoms with Crippen LogP contribution in [0.1, 0.15) is 5.56 Å². The standard InChI is InChI=1S/C14H12N4O2/c1-10-6-7-16-14(13(10)18(19)20)17-9-8-15-11-4-2-3-5-12(11)17/h2-8H,9H2,1H3. The van der Waals surface area contributed by atoms with Crippen LogP contribution in [0, 0.1) is 17.0 Å². The van der Waals surface area contributed by atoms with Crippen molar-refractivity contribution in [1.82, 2.24) is 4.98 Å². The summed E-state index contributed by atoms with van der Waals surface area (Å²) in [5.41, 5.74) is 2.25. The average molecular weight is 268 g/mol. The van der Waals surface area contributed by atoms with Gasteiger partial charge in [-0.3, -0.25) is 15.1 Å². The molecule has 0 spiro atoms. The van der Waals surface area contributed by atoms with Crippen LogP contribution in [0.4, 0.5) is 22.9 Å². The summed E-state index contributed by atoms with van der Waals surface area (Å²) in [5, 5.41) is 11.3. The number of benzene rings is 1. The van der Waals surface area contributed by atoms with Gasteiger partial charge < -0.3 is 4.90 Å². The van der Waals surface area contributed by atoms with Gasteiger partial charge in [0.25, 0.3) is 0 Å². The molecule has 2 heterocycles. The second-order valence-corrected chi connectivity index (χ2v) is 4.47. The Morgan fingerprint density at radius 2 is 2.10 bits per heavy atom. The number of aliphatic imine (C=N–C) groups is 1. The fourth-order valence-electron chi connectivity index (χ4n) is 2.28. The number of hydrogen-bond donors (Lipinski definition) is 0. The van der Waals surface area contributed by atoms with Crippen molar-refractivity contribution >= 4 is 29.1 Å². The van der Waals surface area contributed by atoms with Crippen LogP contribution in [0.5, 0.6) is 0 Å². The highest BCUT2D eigenvalue weighted by Gasteiger charge is 2.26. The van der Waals surface area contributed by atoms with Crippen molar-refractivity contribution in [1.29, 1.82) is 0 Å². The molecular formula is C14H12N4O2. The summed E-state index contributed by atoms with van der Waals surface area (Å²) < 4.78 is 0. The molecule has 100 valence electrons. The smallest absolute Gasteiger partial charge is 0.313 e. The highest BCUT2D eigenvalue weighted by Crippen LogP contribution is 2.39. The third kappa shape index (κ3) is 1.91. The zero-order chi connectivity index (χ0) is 14.1. The topological polar surface area (TPSA) is 71.6 Å². The fraction of sp³-hybridized carbons (Fsp3) is 0.143. The maximum Gasteiger partial charge on any atom is 0.314 e. The minimum atomic E-state index is -0.383. The van der Waals surface area contributed by atoms with E-state index >= 15 is 0 Å². The van der Waals surface area contributed by atoms with E-state index in [1.165, 1.54) is 0 Å². The van der Waals surface area contributed by atoms with E-state index in [-0.39, 0.29) is 10.6 Å². The molecule has 0 amide bonds. The van der Waals surface area contributed by atoms with Gasteiger partial charge in [0.15, 0.2) is 0 Å². The van der Waals surface area contributed by atoms with Crippen LogP contribution in [0.25, 0.3) is 0 Å². The molecule has 0 aliphatic carbocycles. The predicted octanol–water partition coefficient (Wildman–Crippen LogP) is 3.15. The molecule has 0 atom stereocenters. The summed E-state index contributed by atoms with van der Waals surface area (Å²) in [6.45, 7) is 2.18. The van der Waals surface area contributed by atoms with Crippen LogP contribution in [0.15, 0.2) is 41.5 Å². The number of nitrogens with zero attached hydrogens (tertiary/aromatic N) is 4. The number of anilines is 2. The fourth-order valence-corrected chi connectivity index (χ4v) is 2.28. The van der Waals surface area contributed by atoms with E-state index in [2.05, 4.69) is 9.98 Å². The second kappa shape index (κ2) is 4.73. The number of para-hydroxylation sites is 2. The highest BCUT2D eigenvalue weighted by atomic mass is 16.6. The van der Waals surface area contributed by atoms with Crippen molar-refractivity contribution in [3.63, 3.8) is 0 Å². The lowest BCUT2D eigenvalue weighted by Gasteiger charge is -2.26. The molecule has 0 saturated carbocycles. The van der Waals surface area contributed by atoms with Gasteiger partial charge in [0.05, 0.1) is 22.8 Å². The predicted molar refractivity (Wildman–Crippen MR) is 77.2 cm³/mol. The summed E-state index contributed by atoms with van der Waals surface area (Å²) in [6, 6.07) is 9.18. The Bertz CT molecular complexity index is 712. The monoisotopic (exact) mass is 268 g/mol. The van der Waals surface area contributed by atoms with Crippen LogP contribution in [0.3, 0.4) is 0 Å². The molecule has 1 aliphatic rings. The van der Waals surface area contributed by atoms with E-state index in [1.807, 2.05) is 29.2 Å². The van der Waals surface area contributed by atoms with Gasteiger partial charge in [0.1, 0.15) is 0 Å². The molecule has 0 N–H and O–H groups in total. The minimum Gasteiger partial charge on any atom is -0.313 e. The lowest BCUT2D eigenvalue weighted by molar-refractivity contribution is -0.384. The van der Waals surface area contributed by atoms with Crippen LogP contribution < -0.4 is 4.90 Å². The second-order valence-electron chi connectivity index (χ2n) is 4.47. The average Bonchev–Trinajstić information content (AvgIpc) is 2.46. The summed E-state index contributed by atoms with van der Waals surface area (Å²) in [6.07, 6.45) is 3.32. The first-order valence-corrected chi connectivity index (χ1v) is 6.17. The molecule has 3 rings (SSSR count). The Hall–Kier alpha value is -2.76. The molecule has 20 heavy (non-hydrogen) atoms. The lowest BCUT2D eigenvalue weighted by Crippen LogP contribution is -2.24. The zero-order valence-corrected chi connectivity index (χ0v) is 10.9. The van der Waals surface area contributed by atoms with Crippen molar-refractivity contribution < 1.29 is 4.92 Å². The summed E-state index contributed by atoms with van der Waals surface area (Å²) in [7, 11) is 0. The Morgan fingerprint density at radius 1 is 1.30 bits per heavy atom. The maximum absolute atomic E-state index is 11.3. The van der Waals surface area contributed by atoms with Crippen LogP contribution in [-0.4, -0.2) is 22.7 Å². The first-order chi connectivity index (χ1) is 9.68. The van der Waals surface area contributed by atoms with Gasteiger partial charge in [0, 0.05) is 18.0 Å². The van der Waals surface area contributed by atoms with Crippen LogP contribution >= 0.6 is 0 Å². The van der Waals surface area contributed by atoms with Crippen molar-refractivity contribution in [2.24, 2.45) is 4.99 Å². The first-order valence-electron chi connectivity index (χ1n) is 6.17. The number of pyridine rings is 1. The molecule has 6 nitrogen and oxygen atoms in total. The maximum atomic E-state index is 11.3. The Labute approximate surface area is 115 Å². The minimum absolute atomic E-state index is 0.0394. The number of rotatable bonds is 2. The molecule has 0 radical (unpaired) electrons. The van der Waals surface area contributed by atoms with Gasteiger partial charge in [-0.05, 0) is 25.1 Å². The van der Waals surface area contributed by atoms with Gasteiger partial charge in [-0.25, -0.2) is 4.98 Å². The van der Waals surface area contributed by atoms with Gasteiger partial charge in [-0.2, -0.15) is 0 Å². The molecule has 0 saturated heterocycles. The van der Waals surface area contributed by atoms with Crippen LogP contribution in [0.2, 0.25) is 0 Å². The highest BCUT2D eigenvalue weighted by molar-refractivity contribution is 5.87. The van der Waals surface area contributed by atoms with Crippen molar-refractivity contribution in [2.45, 2.75) is 6.92 Å². The summed E-state index contributed by atoms with van der Waals surface area (Å²) in [4.78, 5) is 21.2. The van der Waals surface area contributed by atoms with Crippen molar-refractivity contribution in [3.05, 3.63) is 52.2 Å². The molecule has 6 heteroatoms. The largest absolute Gasteiger partial charge is 0.314 e. The van der Waals surface area contributed by atoms with Gasteiger partial charge >= 0.3 is 5.69 Å². The molecule has 0 unspecified atom stereocenters. The summed E-state index contributed by atoms with van der Waals surface area (Å²) >= 11 is 0. The third-order valence-electron chi connectivity index (χ3n) is 3.21. The number of hydrogen-bond acceptors (Lipinski definition) is 5. The zero-order valence-electron chi connectivity index (χ0n) is 10.9. The van der Waals surface area contributed by atoms with Gasteiger partial charge in [0.2, 0.25) is 5.82 Å². The lowest BCUT2D eigenvalue weighted by atomic mass is 10.2. The molecule has 1 aromatic heterocycles. The number of fused-ring (bicyclic) bond motifs is 1. The molecule has 0 bridgehead atoms. The van der Waals surface area contributed by atoms with E-state index in [0.29, 0.717) is 17.9 Å². The van der Waals surface area contributed by atoms with E-state index in [1.54, 1.807) is 25.4 Å². The van der Waals surface area contributed by atoms with Crippen molar-refractivity contribution in [2.75, 3.05) is 11.4 Å². The van der Waals surface area contributed by atoms with E-state index in [9.17, 15) is 10.1 Å². The number of aryl methyl sites for hydroxylation is 1. The number of nitro groups is 1. The molecule has 1 aromatic carbocycles. The van der Waals surface area contributed by atoms with Crippen molar-refractivity contribution in [3.8, 4) is 0 Å². The Balaban J connectivity index is 2.18. The third-order valence-corrected chi connectivity index (χ3v) is 3.21. The van der Waals surface area contributed by atoms with Gasteiger partial charge in [-0.15, -0.1) is 0 Å². The Morgan fingerprint density at radius 3 is 2.90 bits per heavy atom. The first kappa shape index (κ1) is 12.3. The van der Waals surface area contributed by atoms with Crippen LogP contribution in [-0.2, 0) is 0 Å². The van der Waals surface area contributed by atoms with E-state index in [4.69, 9.17) is 0 Å². The Kier molecular flexibility index (Phi) is 2.90. The quantitative estimate of drug-likeness (QED) is 0.619. The number of aromatic nitrogens is 1.